The van der Waals surface area contributed by atoms with Crippen LogP contribution in [0.25, 0.3) is 0 Å². The predicted molar refractivity (Wildman–Crippen MR) is 63.5 cm³/mol. The second-order valence-electron chi connectivity index (χ2n) is 4.60. The van der Waals surface area contributed by atoms with Gasteiger partial charge >= 0.3 is 0 Å². The first-order chi connectivity index (χ1) is 6.56. The molecule has 0 spiro atoms. The van der Waals surface area contributed by atoms with Crippen LogP contribution in [0, 0.1) is 5.92 Å². The van der Waals surface area contributed by atoms with Crippen molar-refractivity contribution in [3.63, 3.8) is 0 Å². The third-order valence-corrected chi connectivity index (χ3v) is 2.43. The van der Waals surface area contributed by atoms with Gasteiger partial charge in [-0.25, -0.2) is 0 Å². The normalized spacial score (nSPS) is 13.9. The molecule has 0 bridgehead atoms. The van der Waals surface area contributed by atoms with Crippen molar-refractivity contribution < 1.29 is 0 Å². The Morgan fingerprint density at radius 2 is 1.79 bits per heavy atom. The van der Waals surface area contributed by atoms with Crippen molar-refractivity contribution in [1.29, 1.82) is 0 Å². The molecule has 86 valence electrons. The van der Waals surface area contributed by atoms with E-state index < -0.39 is 0 Å². The van der Waals surface area contributed by atoms with Crippen molar-refractivity contribution in [1.82, 2.24) is 9.80 Å². The molecule has 0 aliphatic carbocycles. The van der Waals surface area contributed by atoms with Gasteiger partial charge in [0, 0.05) is 6.54 Å². The van der Waals surface area contributed by atoms with E-state index in [1.54, 1.807) is 0 Å². The maximum Gasteiger partial charge on any atom is 0.000445 e. The highest BCUT2D eigenvalue weighted by Gasteiger charge is 2.05. The van der Waals surface area contributed by atoms with Gasteiger partial charge < -0.3 is 15.5 Å². The van der Waals surface area contributed by atoms with E-state index in [0.717, 1.165) is 18.9 Å². The topological polar surface area (TPSA) is 32.5 Å². The zero-order valence-electron chi connectivity index (χ0n) is 10.3. The molecule has 0 rings (SSSR count). The highest BCUT2D eigenvalue weighted by Crippen LogP contribution is 2.02. The van der Waals surface area contributed by atoms with Crippen molar-refractivity contribution in [3.8, 4) is 0 Å². The van der Waals surface area contributed by atoms with Gasteiger partial charge in [-0.15, -0.1) is 0 Å². The number of rotatable bonds is 8. The van der Waals surface area contributed by atoms with Crippen molar-refractivity contribution in [2.45, 2.75) is 19.8 Å². The Morgan fingerprint density at radius 1 is 1.14 bits per heavy atom. The minimum atomic E-state index is 0.726. The molecule has 0 heterocycles. The van der Waals surface area contributed by atoms with E-state index in [1.807, 2.05) is 0 Å². The summed E-state index contributed by atoms with van der Waals surface area (Å²) in [6.07, 6.45) is 2.39. The molecular weight excluding hydrogens is 174 g/mol. The Balaban J connectivity index is 3.39. The Bertz CT molecular complexity index is 126. The summed E-state index contributed by atoms with van der Waals surface area (Å²) in [5.74, 6) is 0.726. The largest absolute Gasteiger partial charge is 0.330 e. The SMILES string of the molecule is CC(CCN)CN(C)CCCN(C)C. The maximum absolute atomic E-state index is 5.52. The van der Waals surface area contributed by atoms with E-state index in [2.05, 4.69) is 37.9 Å². The first kappa shape index (κ1) is 13.9. The van der Waals surface area contributed by atoms with Crippen LogP contribution in [0.1, 0.15) is 19.8 Å². The van der Waals surface area contributed by atoms with Crippen LogP contribution in [0.15, 0.2) is 0 Å². The van der Waals surface area contributed by atoms with Crippen LogP contribution in [-0.4, -0.2) is 57.1 Å². The molecule has 0 fully saturated rings. The van der Waals surface area contributed by atoms with Gasteiger partial charge in [-0.05, 0) is 59.5 Å². The minimum Gasteiger partial charge on any atom is -0.330 e. The van der Waals surface area contributed by atoms with Crippen molar-refractivity contribution in [2.75, 3.05) is 47.3 Å². The molecule has 14 heavy (non-hydrogen) atoms. The van der Waals surface area contributed by atoms with E-state index in [4.69, 9.17) is 5.73 Å². The standard InChI is InChI=1S/C11H27N3/c1-11(6-7-12)10-14(4)9-5-8-13(2)3/h11H,5-10,12H2,1-4H3. The lowest BCUT2D eigenvalue weighted by atomic mass is 10.1. The molecule has 0 aliphatic rings. The summed E-state index contributed by atoms with van der Waals surface area (Å²) in [4.78, 5) is 4.64. The monoisotopic (exact) mass is 201 g/mol. The number of hydrogen-bond donors (Lipinski definition) is 1. The van der Waals surface area contributed by atoms with E-state index in [9.17, 15) is 0 Å². The number of hydrogen-bond acceptors (Lipinski definition) is 3. The van der Waals surface area contributed by atoms with Gasteiger partial charge in [-0.2, -0.15) is 0 Å². The second-order valence-corrected chi connectivity index (χ2v) is 4.60. The Labute approximate surface area is 89.2 Å². The van der Waals surface area contributed by atoms with Gasteiger partial charge in [0.25, 0.3) is 0 Å². The van der Waals surface area contributed by atoms with Crippen LogP contribution in [0.2, 0.25) is 0 Å². The Hall–Kier alpha value is -0.120. The van der Waals surface area contributed by atoms with Crippen LogP contribution >= 0.6 is 0 Å². The molecule has 0 aromatic rings. The molecule has 0 saturated carbocycles. The van der Waals surface area contributed by atoms with Crippen LogP contribution in [0.5, 0.6) is 0 Å². The summed E-state index contributed by atoms with van der Waals surface area (Å²) in [7, 11) is 6.44. The lowest BCUT2D eigenvalue weighted by Gasteiger charge is -2.21. The molecular formula is C11H27N3. The second kappa shape index (κ2) is 8.21. The molecule has 0 amide bonds. The lowest BCUT2D eigenvalue weighted by Crippen LogP contribution is -2.28. The van der Waals surface area contributed by atoms with Gasteiger partial charge in [0.05, 0.1) is 0 Å². The molecule has 0 radical (unpaired) electrons. The van der Waals surface area contributed by atoms with E-state index in [0.29, 0.717) is 0 Å². The fraction of sp³-hybridized carbons (Fsp3) is 1.00. The van der Waals surface area contributed by atoms with E-state index in [1.165, 1.54) is 26.1 Å². The first-order valence-corrected chi connectivity index (χ1v) is 5.59. The summed E-state index contributed by atoms with van der Waals surface area (Å²) in [5, 5.41) is 0. The zero-order valence-corrected chi connectivity index (χ0v) is 10.3. The smallest absolute Gasteiger partial charge is 0.000445 e. The lowest BCUT2D eigenvalue weighted by molar-refractivity contribution is 0.262. The highest BCUT2D eigenvalue weighted by atomic mass is 15.1. The van der Waals surface area contributed by atoms with Gasteiger partial charge in [-0.3, -0.25) is 0 Å². The fourth-order valence-corrected chi connectivity index (χ4v) is 1.66. The van der Waals surface area contributed by atoms with Gasteiger partial charge in [0.15, 0.2) is 0 Å². The zero-order chi connectivity index (χ0) is 11.0. The quantitative estimate of drug-likeness (QED) is 0.632. The Kier molecular flexibility index (Phi) is 8.14. The number of nitrogens with zero attached hydrogens (tertiary/aromatic N) is 2. The molecule has 1 atom stereocenters. The minimum absolute atomic E-state index is 0.726. The van der Waals surface area contributed by atoms with Crippen LogP contribution < -0.4 is 5.73 Å². The first-order valence-electron chi connectivity index (χ1n) is 5.59. The molecule has 0 aliphatic heterocycles. The van der Waals surface area contributed by atoms with Crippen LogP contribution in [-0.2, 0) is 0 Å². The molecule has 3 nitrogen and oxygen atoms in total. The molecule has 1 unspecified atom stereocenters. The summed E-state index contributed by atoms with van der Waals surface area (Å²) >= 11 is 0. The Morgan fingerprint density at radius 3 is 2.29 bits per heavy atom. The van der Waals surface area contributed by atoms with Crippen LogP contribution in [0.4, 0.5) is 0 Å². The fourth-order valence-electron chi connectivity index (χ4n) is 1.66. The summed E-state index contributed by atoms with van der Waals surface area (Å²) in [6, 6.07) is 0. The summed E-state index contributed by atoms with van der Waals surface area (Å²) < 4.78 is 0. The molecule has 2 N–H and O–H groups in total. The molecule has 0 aromatic carbocycles. The molecule has 0 saturated heterocycles. The van der Waals surface area contributed by atoms with Crippen molar-refractivity contribution >= 4 is 0 Å². The van der Waals surface area contributed by atoms with Crippen molar-refractivity contribution in [3.05, 3.63) is 0 Å². The molecule has 3 heteroatoms. The van der Waals surface area contributed by atoms with Gasteiger partial charge in [0.1, 0.15) is 0 Å². The summed E-state index contributed by atoms with van der Waals surface area (Å²) in [5.41, 5.74) is 5.52. The van der Waals surface area contributed by atoms with E-state index >= 15 is 0 Å². The average molecular weight is 201 g/mol. The van der Waals surface area contributed by atoms with Gasteiger partial charge in [-0.1, -0.05) is 6.92 Å². The third-order valence-electron chi connectivity index (χ3n) is 2.43. The summed E-state index contributed by atoms with van der Waals surface area (Å²) in [6.45, 7) is 6.62. The highest BCUT2D eigenvalue weighted by molar-refractivity contribution is 4.60. The van der Waals surface area contributed by atoms with E-state index in [-0.39, 0.29) is 0 Å². The number of nitrogens with two attached hydrogens (primary N) is 1. The third kappa shape index (κ3) is 8.48. The predicted octanol–water partition coefficient (Wildman–Crippen LogP) is 0.855. The maximum atomic E-state index is 5.52. The van der Waals surface area contributed by atoms with Crippen molar-refractivity contribution in [2.24, 2.45) is 11.7 Å². The van der Waals surface area contributed by atoms with Gasteiger partial charge in [0.2, 0.25) is 0 Å². The average Bonchev–Trinajstić information content (AvgIpc) is 2.03. The van der Waals surface area contributed by atoms with Crippen LogP contribution in [0.3, 0.4) is 0 Å². The molecule has 0 aromatic heterocycles.